The predicted octanol–water partition coefficient (Wildman–Crippen LogP) is 6.16. The molecule has 39 heavy (non-hydrogen) atoms. The molecule has 0 saturated carbocycles. The lowest BCUT2D eigenvalue weighted by molar-refractivity contribution is -0.141. The molecule has 1 aliphatic heterocycles. The molecule has 0 aliphatic carbocycles. The summed E-state index contributed by atoms with van der Waals surface area (Å²) >= 11 is 12.5. The topological polar surface area (TPSA) is 86.8 Å². The number of nitrogens with one attached hydrogen (secondary N) is 1. The molecule has 7 nitrogen and oxygen atoms in total. The molecule has 0 unspecified atom stereocenters. The van der Waals surface area contributed by atoms with E-state index in [2.05, 4.69) is 5.32 Å². The molecule has 1 N–H and O–H groups in total. The quantitative estimate of drug-likeness (QED) is 0.290. The van der Waals surface area contributed by atoms with E-state index in [0.29, 0.717) is 33.1 Å². The molecule has 0 fully saturated rings. The predicted molar refractivity (Wildman–Crippen MR) is 157 cm³/mol. The van der Waals surface area contributed by atoms with Crippen molar-refractivity contribution in [1.82, 2.24) is 10.2 Å². The van der Waals surface area contributed by atoms with E-state index in [1.54, 1.807) is 41.3 Å². The normalized spacial score (nSPS) is 15.3. The SMILES string of the molecule is CC[C@H](C)NC(=O)[C@H](CC)N(Cc1ccc(Cl)cc1Cl)C(=O)CCCN1c2cccc3cccc(c23)S1(=O)=O. The number of nitrogens with zero attached hydrogens (tertiary/aromatic N) is 2. The minimum Gasteiger partial charge on any atom is -0.352 e. The van der Waals surface area contributed by atoms with Crippen LogP contribution in [0.1, 0.15) is 52.0 Å². The van der Waals surface area contributed by atoms with Crippen molar-refractivity contribution in [2.75, 3.05) is 10.8 Å². The van der Waals surface area contributed by atoms with Crippen molar-refractivity contribution in [2.24, 2.45) is 0 Å². The average Bonchev–Trinajstić information content (AvgIpc) is 3.12. The molecule has 4 rings (SSSR count). The summed E-state index contributed by atoms with van der Waals surface area (Å²) < 4.78 is 28.0. The summed E-state index contributed by atoms with van der Waals surface area (Å²) in [5.74, 6) is -0.478. The van der Waals surface area contributed by atoms with Crippen LogP contribution in [-0.2, 0) is 26.2 Å². The van der Waals surface area contributed by atoms with Crippen molar-refractivity contribution in [1.29, 1.82) is 0 Å². The number of anilines is 1. The van der Waals surface area contributed by atoms with Crippen molar-refractivity contribution in [3.63, 3.8) is 0 Å². The Hall–Kier alpha value is -2.81. The number of carbonyl (C=O) groups excluding carboxylic acids is 2. The van der Waals surface area contributed by atoms with Crippen LogP contribution in [0.4, 0.5) is 5.69 Å². The van der Waals surface area contributed by atoms with Crippen LogP contribution >= 0.6 is 23.2 Å². The van der Waals surface area contributed by atoms with Gasteiger partial charge in [-0.05, 0) is 61.4 Å². The number of hydrogen-bond donors (Lipinski definition) is 1. The van der Waals surface area contributed by atoms with Crippen LogP contribution < -0.4 is 9.62 Å². The highest BCUT2D eigenvalue weighted by molar-refractivity contribution is 7.93. The van der Waals surface area contributed by atoms with Gasteiger partial charge in [0.25, 0.3) is 10.0 Å². The first-order chi connectivity index (χ1) is 18.6. The number of amides is 2. The second-order valence-corrected chi connectivity index (χ2v) is 12.5. The van der Waals surface area contributed by atoms with Gasteiger partial charge in [0.05, 0.1) is 10.6 Å². The molecule has 3 aromatic carbocycles. The van der Waals surface area contributed by atoms with Crippen LogP contribution in [0.5, 0.6) is 0 Å². The lowest BCUT2D eigenvalue weighted by atomic mass is 10.1. The number of sulfonamides is 1. The highest BCUT2D eigenvalue weighted by atomic mass is 35.5. The fourth-order valence-electron chi connectivity index (χ4n) is 4.91. The molecule has 208 valence electrons. The molecule has 10 heteroatoms. The monoisotopic (exact) mass is 589 g/mol. The lowest BCUT2D eigenvalue weighted by Crippen LogP contribution is -2.50. The first-order valence-electron chi connectivity index (χ1n) is 13.2. The molecule has 3 aromatic rings. The Balaban J connectivity index is 1.54. The van der Waals surface area contributed by atoms with Crippen molar-refractivity contribution in [3.05, 3.63) is 70.2 Å². The van der Waals surface area contributed by atoms with Gasteiger partial charge in [0.2, 0.25) is 11.8 Å². The Morgan fingerprint density at radius 2 is 1.74 bits per heavy atom. The Kier molecular flexibility index (Phi) is 9.09. The minimum atomic E-state index is -3.71. The van der Waals surface area contributed by atoms with Gasteiger partial charge in [-0.2, -0.15) is 0 Å². The zero-order valence-corrected chi connectivity index (χ0v) is 24.6. The molecular formula is C29H33Cl2N3O4S. The van der Waals surface area contributed by atoms with E-state index < -0.39 is 16.1 Å². The van der Waals surface area contributed by atoms with Gasteiger partial charge in [0.1, 0.15) is 6.04 Å². The van der Waals surface area contributed by atoms with Crippen molar-refractivity contribution in [2.45, 2.75) is 70.0 Å². The maximum atomic E-state index is 13.6. The van der Waals surface area contributed by atoms with Crippen LogP contribution in [0.25, 0.3) is 10.8 Å². The minimum absolute atomic E-state index is 0.0349. The van der Waals surface area contributed by atoms with Gasteiger partial charge in [0.15, 0.2) is 0 Å². The van der Waals surface area contributed by atoms with Gasteiger partial charge in [-0.15, -0.1) is 0 Å². The largest absolute Gasteiger partial charge is 0.352 e. The van der Waals surface area contributed by atoms with Crippen LogP contribution in [-0.4, -0.2) is 43.8 Å². The average molecular weight is 591 g/mol. The summed E-state index contributed by atoms with van der Waals surface area (Å²) in [5, 5.41) is 5.43. The van der Waals surface area contributed by atoms with Crippen LogP contribution in [0.2, 0.25) is 10.0 Å². The zero-order valence-electron chi connectivity index (χ0n) is 22.3. The summed E-state index contributed by atoms with van der Waals surface area (Å²) in [6, 6.07) is 15.1. The standard InChI is InChI=1S/C29H33Cl2N3O4S/c1-4-19(3)32-29(36)24(5-2)33(18-21-14-15-22(30)17-23(21)31)27(35)13-8-16-34-25-11-6-9-20-10-7-12-26(28(20)25)39(34,37)38/h6-7,9-12,14-15,17,19,24H,4-5,8,13,16,18H2,1-3H3,(H,32,36)/t19-,24-/m0/s1. The van der Waals surface area contributed by atoms with E-state index in [0.717, 1.165) is 11.8 Å². The molecule has 2 amide bonds. The van der Waals surface area contributed by atoms with Gasteiger partial charge < -0.3 is 10.2 Å². The summed E-state index contributed by atoms with van der Waals surface area (Å²) in [5.41, 5.74) is 1.30. The molecule has 0 bridgehead atoms. The third kappa shape index (κ3) is 6.03. The lowest BCUT2D eigenvalue weighted by Gasteiger charge is -2.32. The fourth-order valence-corrected chi connectivity index (χ4v) is 7.13. The van der Waals surface area contributed by atoms with E-state index >= 15 is 0 Å². The zero-order chi connectivity index (χ0) is 28.3. The van der Waals surface area contributed by atoms with E-state index in [1.165, 1.54) is 4.31 Å². The fraction of sp³-hybridized carbons (Fsp3) is 0.379. The molecule has 1 heterocycles. The van der Waals surface area contributed by atoms with E-state index in [1.807, 2.05) is 39.0 Å². The van der Waals surface area contributed by atoms with Crippen molar-refractivity contribution in [3.8, 4) is 0 Å². The molecular weight excluding hydrogens is 557 g/mol. The highest BCUT2D eigenvalue weighted by Crippen LogP contribution is 2.42. The molecule has 2 atom stereocenters. The third-order valence-corrected chi connectivity index (χ3v) is 9.62. The third-order valence-electron chi connectivity index (χ3n) is 7.18. The van der Waals surface area contributed by atoms with Crippen LogP contribution in [0.3, 0.4) is 0 Å². The molecule has 0 aromatic heterocycles. The summed E-state index contributed by atoms with van der Waals surface area (Å²) in [4.78, 5) is 28.6. The first kappa shape index (κ1) is 29.2. The Bertz CT molecular complexity index is 1490. The molecule has 0 radical (unpaired) electrons. The van der Waals surface area contributed by atoms with Crippen LogP contribution in [0, 0.1) is 0 Å². The first-order valence-corrected chi connectivity index (χ1v) is 15.4. The molecule has 0 saturated heterocycles. The number of hydrogen-bond acceptors (Lipinski definition) is 4. The second-order valence-electron chi connectivity index (χ2n) is 9.81. The Morgan fingerprint density at radius 3 is 2.41 bits per heavy atom. The maximum absolute atomic E-state index is 13.6. The smallest absolute Gasteiger partial charge is 0.265 e. The second kappa shape index (κ2) is 12.1. The van der Waals surface area contributed by atoms with E-state index in [4.69, 9.17) is 23.2 Å². The summed E-state index contributed by atoms with van der Waals surface area (Å²) in [7, 11) is -3.71. The van der Waals surface area contributed by atoms with Crippen molar-refractivity contribution >= 4 is 61.5 Å². The van der Waals surface area contributed by atoms with E-state index in [-0.39, 0.29) is 48.7 Å². The Morgan fingerprint density at radius 1 is 1.03 bits per heavy atom. The molecule has 0 spiro atoms. The van der Waals surface area contributed by atoms with Gasteiger partial charge in [-0.25, -0.2) is 8.42 Å². The maximum Gasteiger partial charge on any atom is 0.265 e. The highest BCUT2D eigenvalue weighted by Gasteiger charge is 2.35. The van der Waals surface area contributed by atoms with Gasteiger partial charge in [-0.3, -0.25) is 13.9 Å². The van der Waals surface area contributed by atoms with E-state index in [9.17, 15) is 18.0 Å². The van der Waals surface area contributed by atoms with Crippen LogP contribution in [0.15, 0.2) is 59.5 Å². The summed E-state index contributed by atoms with van der Waals surface area (Å²) in [6.45, 7) is 6.04. The molecule has 1 aliphatic rings. The van der Waals surface area contributed by atoms with Crippen molar-refractivity contribution < 1.29 is 18.0 Å². The summed E-state index contributed by atoms with van der Waals surface area (Å²) in [6.07, 6.45) is 1.53. The number of rotatable bonds is 11. The number of halogens is 2. The van der Waals surface area contributed by atoms with Gasteiger partial charge >= 0.3 is 0 Å². The van der Waals surface area contributed by atoms with Gasteiger partial charge in [0, 0.05) is 41.0 Å². The van der Waals surface area contributed by atoms with Gasteiger partial charge in [-0.1, -0.05) is 67.4 Å². The number of carbonyl (C=O) groups is 2. The number of benzene rings is 3. The Labute approximate surface area is 240 Å².